The number of primary amides is 1. The van der Waals surface area contributed by atoms with Crippen LogP contribution in [0.2, 0.25) is 0 Å². The molecule has 0 bridgehead atoms. The Kier molecular flexibility index (Phi) is 4.54. The highest BCUT2D eigenvalue weighted by atomic mass is 32.1. The van der Waals surface area contributed by atoms with E-state index in [2.05, 4.69) is 10.4 Å². The van der Waals surface area contributed by atoms with Crippen molar-refractivity contribution in [2.45, 2.75) is 32.9 Å². The third kappa shape index (κ3) is 3.25. The van der Waals surface area contributed by atoms with Gasteiger partial charge in [-0.3, -0.25) is 9.59 Å². The molecule has 8 heteroatoms. The SMILES string of the molecule is CC(NC(=O)c1cc(-c2cccs2)nc2c1cnn2C(C)C)C(N)=O. The molecular weight excluding hydrogens is 338 g/mol. The van der Waals surface area contributed by atoms with Crippen LogP contribution < -0.4 is 11.1 Å². The fraction of sp³-hybridized carbons (Fsp3) is 0.294. The third-order valence-corrected chi connectivity index (χ3v) is 4.74. The number of rotatable bonds is 5. The Balaban J connectivity index is 2.16. The van der Waals surface area contributed by atoms with E-state index < -0.39 is 11.9 Å². The molecule has 130 valence electrons. The van der Waals surface area contributed by atoms with Crippen LogP contribution in [0.3, 0.4) is 0 Å². The molecule has 3 aromatic heterocycles. The van der Waals surface area contributed by atoms with Crippen molar-refractivity contribution in [2.24, 2.45) is 5.73 Å². The quantitative estimate of drug-likeness (QED) is 0.731. The summed E-state index contributed by atoms with van der Waals surface area (Å²) in [6.45, 7) is 5.55. The van der Waals surface area contributed by atoms with Gasteiger partial charge in [0.15, 0.2) is 5.65 Å². The second kappa shape index (κ2) is 6.64. The first-order valence-corrected chi connectivity index (χ1v) is 8.78. The second-order valence-corrected chi connectivity index (χ2v) is 7.00. The predicted octanol–water partition coefficient (Wildman–Crippen LogP) is 2.34. The Morgan fingerprint density at radius 3 is 2.68 bits per heavy atom. The minimum Gasteiger partial charge on any atom is -0.368 e. The lowest BCUT2D eigenvalue weighted by Gasteiger charge is -2.12. The Morgan fingerprint density at radius 1 is 1.32 bits per heavy atom. The zero-order valence-electron chi connectivity index (χ0n) is 14.2. The topological polar surface area (TPSA) is 103 Å². The first-order valence-electron chi connectivity index (χ1n) is 7.90. The van der Waals surface area contributed by atoms with Crippen LogP contribution in [0.1, 0.15) is 37.2 Å². The number of pyridine rings is 1. The fourth-order valence-corrected chi connectivity index (χ4v) is 3.17. The molecule has 3 aromatic rings. The maximum absolute atomic E-state index is 12.7. The lowest BCUT2D eigenvalue weighted by molar-refractivity contribution is -0.119. The van der Waals surface area contributed by atoms with Crippen LogP contribution in [-0.2, 0) is 4.79 Å². The van der Waals surface area contributed by atoms with Crippen molar-refractivity contribution < 1.29 is 9.59 Å². The first kappa shape index (κ1) is 17.1. The Hall–Kier alpha value is -2.74. The second-order valence-electron chi connectivity index (χ2n) is 6.05. The molecule has 0 saturated carbocycles. The highest BCUT2D eigenvalue weighted by molar-refractivity contribution is 7.13. The van der Waals surface area contributed by atoms with E-state index in [4.69, 9.17) is 10.7 Å². The van der Waals surface area contributed by atoms with Crippen LogP contribution in [0, 0.1) is 0 Å². The summed E-state index contributed by atoms with van der Waals surface area (Å²) >= 11 is 1.54. The zero-order valence-corrected chi connectivity index (χ0v) is 15.0. The average Bonchev–Trinajstić information content (AvgIpc) is 3.22. The van der Waals surface area contributed by atoms with E-state index in [-0.39, 0.29) is 11.9 Å². The molecule has 3 N–H and O–H groups in total. The number of amides is 2. The van der Waals surface area contributed by atoms with Gasteiger partial charge in [-0.2, -0.15) is 5.10 Å². The van der Waals surface area contributed by atoms with Gasteiger partial charge < -0.3 is 11.1 Å². The van der Waals surface area contributed by atoms with Crippen LogP contribution in [-0.4, -0.2) is 32.6 Å². The van der Waals surface area contributed by atoms with Gasteiger partial charge in [-0.15, -0.1) is 11.3 Å². The number of nitrogens with zero attached hydrogens (tertiary/aromatic N) is 3. The van der Waals surface area contributed by atoms with Gasteiger partial charge in [0.05, 0.1) is 27.7 Å². The Labute approximate surface area is 148 Å². The van der Waals surface area contributed by atoms with Gasteiger partial charge in [-0.1, -0.05) is 6.07 Å². The molecule has 0 spiro atoms. The van der Waals surface area contributed by atoms with E-state index in [0.29, 0.717) is 22.3 Å². The summed E-state index contributed by atoms with van der Waals surface area (Å²) in [6.07, 6.45) is 1.63. The highest BCUT2D eigenvalue weighted by Crippen LogP contribution is 2.28. The summed E-state index contributed by atoms with van der Waals surface area (Å²) in [5.74, 6) is -0.963. The van der Waals surface area contributed by atoms with Crippen LogP contribution >= 0.6 is 11.3 Å². The summed E-state index contributed by atoms with van der Waals surface area (Å²) < 4.78 is 1.78. The summed E-state index contributed by atoms with van der Waals surface area (Å²) in [4.78, 5) is 29.6. The monoisotopic (exact) mass is 357 g/mol. The molecule has 2 amide bonds. The number of carbonyl (C=O) groups is 2. The van der Waals surface area contributed by atoms with Crippen molar-refractivity contribution in [1.29, 1.82) is 0 Å². The van der Waals surface area contributed by atoms with E-state index >= 15 is 0 Å². The summed E-state index contributed by atoms with van der Waals surface area (Å²) in [5, 5.41) is 9.58. The van der Waals surface area contributed by atoms with E-state index in [1.54, 1.807) is 35.2 Å². The molecule has 25 heavy (non-hydrogen) atoms. The van der Waals surface area contributed by atoms with E-state index in [1.807, 2.05) is 31.4 Å². The van der Waals surface area contributed by atoms with Crippen molar-refractivity contribution in [2.75, 3.05) is 0 Å². The van der Waals surface area contributed by atoms with Crippen molar-refractivity contribution in [3.63, 3.8) is 0 Å². The molecule has 0 radical (unpaired) electrons. The van der Waals surface area contributed by atoms with Gasteiger partial charge in [-0.25, -0.2) is 9.67 Å². The molecule has 3 rings (SSSR count). The van der Waals surface area contributed by atoms with Gasteiger partial charge >= 0.3 is 0 Å². The van der Waals surface area contributed by atoms with E-state index in [9.17, 15) is 9.59 Å². The molecule has 1 atom stereocenters. The molecule has 1 unspecified atom stereocenters. The van der Waals surface area contributed by atoms with Crippen molar-refractivity contribution in [3.05, 3.63) is 35.3 Å². The smallest absolute Gasteiger partial charge is 0.252 e. The Morgan fingerprint density at radius 2 is 2.08 bits per heavy atom. The zero-order chi connectivity index (χ0) is 18.1. The number of fused-ring (bicyclic) bond motifs is 1. The number of hydrogen-bond donors (Lipinski definition) is 2. The van der Waals surface area contributed by atoms with Crippen molar-refractivity contribution in [3.8, 4) is 10.6 Å². The van der Waals surface area contributed by atoms with Gasteiger partial charge in [-0.05, 0) is 38.3 Å². The molecule has 0 aliphatic heterocycles. The lowest BCUT2D eigenvalue weighted by Crippen LogP contribution is -2.42. The molecular formula is C17H19N5O2S. The van der Waals surface area contributed by atoms with E-state index in [1.165, 1.54) is 0 Å². The van der Waals surface area contributed by atoms with Gasteiger partial charge in [0.25, 0.3) is 5.91 Å². The molecule has 0 aliphatic carbocycles. The maximum Gasteiger partial charge on any atom is 0.252 e. The van der Waals surface area contributed by atoms with Gasteiger partial charge in [0.2, 0.25) is 5.91 Å². The highest BCUT2D eigenvalue weighted by Gasteiger charge is 2.21. The molecule has 0 aromatic carbocycles. The summed E-state index contributed by atoms with van der Waals surface area (Å²) in [6, 6.07) is 4.94. The molecule has 0 saturated heterocycles. The van der Waals surface area contributed by atoms with Crippen LogP contribution in [0.15, 0.2) is 29.8 Å². The molecule has 7 nitrogen and oxygen atoms in total. The Bertz CT molecular complexity index is 930. The number of nitrogens with one attached hydrogen (secondary N) is 1. The summed E-state index contributed by atoms with van der Waals surface area (Å²) in [5.41, 5.74) is 7.00. The minimum atomic E-state index is -0.763. The lowest BCUT2D eigenvalue weighted by atomic mass is 10.1. The van der Waals surface area contributed by atoms with Gasteiger partial charge in [0.1, 0.15) is 6.04 Å². The standard InChI is InChI=1S/C17H19N5O2S/c1-9(2)22-16-12(8-19-22)11(17(24)20-10(3)15(18)23)7-13(21-16)14-5-4-6-25-14/h4-10H,1-3H3,(H2,18,23)(H,20,24). The number of nitrogens with two attached hydrogens (primary N) is 1. The normalized spacial score (nSPS) is 12.5. The van der Waals surface area contributed by atoms with Crippen LogP contribution in [0.4, 0.5) is 0 Å². The average molecular weight is 357 g/mol. The predicted molar refractivity (Wildman–Crippen MR) is 97.3 cm³/mol. The molecule has 0 aliphatic rings. The molecule has 0 fully saturated rings. The third-order valence-electron chi connectivity index (χ3n) is 3.85. The van der Waals surface area contributed by atoms with Crippen molar-refractivity contribution >= 4 is 34.2 Å². The number of aromatic nitrogens is 3. The van der Waals surface area contributed by atoms with Crippen LogP contribution in [0.5, 0.6) is 0 Å². The maximum atomic E-state index is 12.7. The molecule has 3 heterocycles. The number of carbonyl (C=O) groups excluding carboxylic acids is 2. The van der Waals surface area contributed by atoms with Crippen LogP contribution in [0.25, 0.3) is 21.6 Å². The number of thiophene rings is 1. The minimum absolute atomic E-state index is 0.101. The first-order chi connectivity index (χ1) is 11.9. The van der Waals surface area contributed by atoms with Gasteiger partial charge in [0, 0.05) is 6.04 Å². The summed E-state index contributed by atoms with van der Waals surface area (Å²) in [7, 11) is 0. The largest absolute Gasteiger partial charge is 0.368 e. The van der Waals surface area contributed by atoms with Crippen molar-refractivity contribution in [1.82, 2.24) is 20.1 Å². The van der Waals surface area contributed by atoms with E-state index in [0.717, 1.165) is 4.88 Å². The number of hydrogen-bond acceptors (Lipinski definition) is 5. The fourth-order valence-electron chi connectivity index (χ4n) is 2.48.